The molecule has 154 valence electrons. The van der Waals surface area contributed by atoms with E-state index in [0.29, 0.717) is 34.5 Å². The fourth-order valence-electron chi connectivity index (χ4n) is 3.23. The van der Waals surface area contributed by atoms with Crippen LogP contribution in [0.2, 0.25) is 5.02 Å². The minimum atomic E-state index is 0.0129. The third-order valence-corrected chi connectivity index (χ3v) is 5.91. The van der Waals surface area contributed by atoms with Gasteiger partial charge in [0.15, 0.2) is 0 Å². The van der Waals surface area contributed by atoms with Gasteiger partial charge in [-0.15, -0.1) is 10.2 Å². The summed E-state index contributed by atoms with van der Waals surface area (Å²) in [5.74, 6) is 1.41. The first kappa shape index (κ1) is 20.6. The normalized spacial score (nSPS) is 11.3. The second-order valence-corrected chi connectivity index (χ2v) is 8.52. The molecular formula is C22H21ClN4O2S. The van der Waals surface area contributed by atoms with Crippen LogP contribution >= 0.6 is 23.4 Å². The molecule has 6 nitrogen and oxygen atoms in total. The summed E-state index contributed by atoms with van der Waals surface area (Å²) >= 11 is 7.54. The average molecular weight is 441 g/mol. The number of para-hydroxylation sites is 1. The van der Waals surface area contributed by atoms with Crippen molar-refractivity contribution in [3.63, 3.8) is 0 Å². The zero-order chi connectivity index (χ0) is 20.9. The highest BCUT2D eigenvalue weighted by Gasteiger charge is 2.09. The van der Waals surface area contributed by atoms with Gasteiger partial charge in [-0.05, 0) is 49.1 Å². The van der Waals surface area contributed by atoms with Crippen molar-refractivity contribution in [2.75, 3.05) is 5.75 Å². The molecule has 2 heterocycles. The predicted octanol–water partition coefficient (Wildman–Crippen LogP) is 4.90. The quantitative estimate of drug-likeness (QED) is 0.286. The van der Waals surface area contributed by atoms with E-state index in [-0.39, 0.29) is 5.56 Å². The van der Waals surface area contributed by atoms with Gasteiger partial charge in [0.1, 0.15) is 0 Å². The summed E-state index contributed by atoms with van der Waals surface area (Å²) in [7, 11) is 0. The van der Waals surface area contributed by atoms with Gasteiger partial charge < -0.3 is 4.42 Å². The number of hydrogen-bond donors (Lipinski definition) is 0. The van der Waals surface area contributed by atoms with E-state index in [9.17, 15) is 4.79 Å². The molecule has 0 unspecified atom stereocenters. The monoisotopic (exact) mass is 440 g/mol. The first-order valence-corrected chi connectivity index (χ1v) is 11.1. The number of unbranched alkanes of at least 4 members (excludes halogenated alkanes) is 1. The maximum atomic E-state index is 12.6. The Labute approximate surface area is 183 Å². The number of halogens is 1. The highest BCUT2D eigenvalue weighted by Crippen LogP contribution is 2.20. The molecule has 0 spiro atoms. The van der Waals surface area contributed by atoms with Crippen LogP contribution in [0.3, 0.4) is 0 Å². The molecule has 0 fully saturated rings. The van der Waals surface area contributed by atoms with Crippen molar-refractivity contribution in [3.8, 4) is 0 Å². The summed E-state index contributed by atoms with van der Waals surface area (Å²) in [4.78, 5) is 17.1. The van der Waals surface area contributed by atoms with Gasteiger partial charge in [0.2, 0.25) is 5.89 Å². The molecule has 2 aromatic heterocycles. The number of hydrogen-bond acceptors (Lipinski definition) is 6. The molecule has 0 radical (unpaired) electrons. The molecule has 2 aromatic carbocycles. The fourth-order valence-corrected chi connectivity index (χ4v) is 4.22. The Bertz CT molecular complexity index is 1220. The zero-order valence-corrected chi connectivity index (χ0v) is 18.1. The molecule has 0 saturated carbocycles. The molecule has 4 aromatic rings. The van der Waals surface area contributed by atoms with Crippen LogP contribution in [-0.2, 0) is 13.0 Å². The maximum absolute atomic E-state index is 12.6. The molecule has 8 heteroatoms. The Balaban J connectivity index is 1.26. The Kier molecular flexibility index (Phi) is 6.50. The van der Waals surface area contributed by atoms with Crippen LogP contribution in [0.15, 0.2) is 63.2 Å². The third-order valence-electron chi connectivity index (χ3n) is 4.77. The van der Waals surface area contributed by atoms with E-state index in [1.807, 2.05) is 49.4 Å². The number of fused-ring (bicyclic) bond motifs is 1. The van der Waals surface area contributed by atoms with E-state index in [1.54, 1.807) is 10.9 Å². The molecule has 0 aliphatic rings. The molecular weight excluding hydrogens is 420 g/mol. The van der Waals surface area contributed by atoms with Crippen molar-refractivity contribution in [1.82, 2.24) is 19.7 Å². The minimum Gasteiger partial charge on any atom is -0.416 e. The van der Waals surface area contributed by atoms with Crippen molar-refractivity contribution in [2.24, 2.45) is 0 Å². The van der Waals surface area contributed by atoms with E-state index in [2.05, 4.69) is 15.2 Å². The number of rotatable bonds is 8. The fraction of sp³-hybridized carbons (Fsp3) is 0.273. The van der Waals surface area contributed by atoms with Gasteiger partial charge in [-0.25, -0.2) is 4.98 Å². The van der Waals surface area contributed by atoms with Crippen molar-refractivity contribution >= 4 is 34.3 Å². The lowest BCUT2D eigenvalue weighted by Crippen LogP contribution is -2.21. The second kappa shape index (κ2) is 9.45. The second-order valence-electron chi connectivity index (χ2n) is 7.04. The molecule has 0 bridgehead atoms. The number of benzene rings is 2. The first-order valence-electron chi connectivity index (χ1n) is 9.74. The minimum absolute atomic E-state index is 0.0129. The summed E-state index contributed by atoms with van der Waals surface area (Å²) in [6, 6.07) is 13.3. The van der Waals surface area contributed by atoms with Crippen LogP contribution in [0, 0.1) is 6.92 Å². The lowest BCUT2D eigenvalue weighted by Gasteiger charge is -2.07. The molecule has 30 heavy (non-hydrogen) atoms. The topological polar surface area (TPSA) is 73.8 Å². The number of aryl methyl sites for hydroxylation is 2. The smallest absolute Gasteiger partial charge is 0.276 e. The van der Waals surface area contributed by atoms with E-state index < -0.39 is 0 Å². The van der Waals surface area contributed by atoms with Crippen LogP contribution in [-0.4, -0.2) is 25.5 Å². The standard InChI is InChI=1S/C22H21ClN4O2S/c1-15-6-4-9-18-20(15)24-14-27(21(18)28)10-2-3-11-30-22-26-25-19(29-22)13-16-7-5-8-17(23)12-16/h4-9,12,14H,2-3,10-11,13H2,1H3. The summed E-state index contributed by atoms with van der Waals surface area (Å²) in [6.07, 6.45) is 4.00. The van der Waals surface area contributed by atoms with Crippen LogP contribution in [0.1, 0.15) is 29.9 Å². The van der Waals surface area contributed by atoms with E-state index in [4.69, 9.17) is 16.0 Å². The lowest BCUT2D eigenvalue weighted by atomic mass is 10.1. The molecule has 4 rings (SSSR count). The van der Waals surface area contributed by atoms with Crippen molar-refractivity contribution < 1.29 is 4.42 Å². The maximum Gasteiger partial charge on any atom is 0.276 e. The molecule has 0 N–H and O–H groups in total. The Morgan fingerprint density at radius 3 is 2.87 bits per heavy atom. The van der Waals surface area contributed by atoms with Gasteiger partial charge in [-0.2, -0.15) is 0 Å². The van der Waals surface area contributed by atoms with E-state index >= 15 is 0 Å². The largest absolute Gasteiger partial charge is 0.416 e. The molecule has 0 atom stereocenters. The van der Waals surface area contributed by atoms with Gasteiger partial charge in [0, 0.05) is 17.3 Å². The van der Waals surface area contributed by atoms with Crippen molar-refractivity contribution in [1.29, 1.82) is 0 Å². The van der Waals surface area contributed by atoms with Gasteiger partial charge in [0.25, 0.3) is 10.8 Å². The highest BCUT2D eigenvalue weighted by atomic mass is 35.5. The van der Waals surface area contributed by atoms with Crippen LogP contribution in [0.25, 0.3) is 10.9 Å². The van der Waals surface area contributed by atoms with Crippen molar-refractivity contribution in [3.05, 3.63) is 81.2 Å². The number of thioether (sulfide) groups is 1. The summed E-state index contributed by atoms with van der Waals surface area (Å²) < 4.78 is 7.39. The van der Waals surface area contributed by atoms with E-state index in [1.165, 1.54) is 11.8 Å². The molecule has 0 aliphatic carbocycles. The Morgan fingerprint density at radius 1 is 1.13 bits per heavy atom. The van der Waals surface area contributed by atoms with Gasteiger partial charge >= 0.3 is 0 Å². The zero-order valence-electron chi connectivity index (χ0n) is 16.5. The lowest BCUT2D eigenvalue weighted by molar-refractivity contribution is 0.420. The van der Waals surface area contributed by atoms with Crippen LogP contribution < -0.4 is 5.56 Å². The highest BCUT2D eigenvalue weighted by molar-refractivity contribution is 7.99. The van der Waals surface area contributed by atoms with Crippen molar-refractivity contribution in [2.45, 2.75) is 38.0 Å². The number of aromatic nitrogens is 4. The SMILES string of the molecule is Cc1cccc2c(=O)n(CCCCSc3nnc(Cc4cccc(Cl)c4)o3)cnc12. The van der Waals surface area contributed by atoms with Gasteiger partial charge in [-0.1, -0.05) is 47.6 Å². The first-order chi connectivity index (χ1) is 14.6. The molecule has 0 aliphatic heterocycles. The predicted molar refractivity (Wildman–Crippen MR) is 119 cm³/mol. The van der Waals surface area contributed by atoms with Gasteiger partial charge in [-0.3, -0.25) is 9.36 Å². The van der Waals surface area contributed by atoms with E-state index in [0.717, 1.165) is 35.2 Å². The Hall–Kier alpha value is -2.64. The summed E-state index contributed by atoms with van der Waals surface area (Å²) in [5.41, 5.74) is 2.84. The summed E-state index contributed by atoms with van der Waals surface area (Å²) in [5, 5.41) is 10.1. The molecule has 0 amide bonds. The average Bonchev–Trinajstić information content (AvgIpc) is 3.17. The molecule has 0 saturated heterocycles. The van der Waals surface area contributed by atoms with Crippen LogP contribution in [0.5, 0.6) is 0 Å². The van der Waals surface area contributed by atoms with Gasteiger partial charge in [0.05, 0.1) is 23.7 Å². The summed E-state index contributed by atoms with van der Waals surface area (Å²) in [6.45, 7) is 2.61. The number of nitrogens with zero attached hydrogens (tertiary/aromatic N) is 4. The Morgan fingerprint density at radius 2 is 2.00 bits per heavy atom. The third kappa shape index (κ3) is 4.91. The van der Waals surface area contributed by atoms with Crippen LogP contribution in [0.4, 0.5) is 0 Å².